The summed E-state index contributed by atoms with van der Waals surface area (Å²) < 4.78 is 40.1. The second-order valence-corrected chi connectivity index (χ2v) is 9.66. The number of benzene rings is 1. The van der Waals surface area contributed by atoms with Crippen molar-refractivity contribution in [1.82, 2.24) is 9.21 Å². The molecule has 0 spiro atoms. The van der Waals surface area contributed by atoms with Gasteiger partial charge in [0, 0.05) is 12.1 Å². The van der Waals surface area contributed by atoms with Crippen LogP contribution in [0.5, 0.6) is 0 Å². The molecule has 1 aromatic carbocycles. The standard InChI is InChI=1S/C19H28FN3O3S/c1-15-5-3-6-16(2)23(15)19(24)14-21-9-11-22(12-10-21)27(25,26)18-8-4-7-17(20)13-18/h4,7-8,13,15-16H,3,5-6,9-12,14H2,1-2H3/p+1/t15-,16-/m1/s1. The Labute approximate surface area is 161 Å². The Hall–Kier alpha value is -1.51. The number of hydrogen-bond donors (Lipinski definition) is 1. The van der Waals surface area contributed by atoms with E-state index in [-0.39, 0.29) is 22.9 Å². The SMILES string of the molecule is C[C@@H]1CCC[C@@H](C)N1C(=O)C[NH+]1CCN(S(=O)(=O)c2cccc(F)c2)CC1. The monoisotopic (exact) mass is 398 g/mol. The number of piperazine rings is 1. The molecule has 27 heavy (non-hydrogen) atoms. The number of rotatable bonds is 4. The minimum atomic E-state index is -3.69. The van der Waals surface area contributed by atoms with Gasteiger partial charge in [-0.2, -0.15) is 4.31 Å². The zero-order valence-corrected chi connectivity index (χ0v) is 16.8. The smallest absolute Gasteiger partial charge is 0.278 e. The summed E-state index contributed by atoms with van der Waals surface area (Å²) in [5, 5.41) is 0. The summed E-state index contributed by atoms with van der Waals surface area (Å²) >= 11 is 0. The van der Waals surface area contributed by atoms with E-state index >= 15 is 0 Å². The summed E-state index contributed by atoms with van der Waals surface area (Å²) in [5.74, 6) is -0.401. The molecule has 2 aliphatic heterocycles. The van der Waals surface area contributed by atoms with Gasteiger partial charge in [-0.3, -0.25) is 4.79 Å². The summed E-state index contributed by atoms with van der Waals surface area (Å²) in [5.41, 5.74) is 0. The van der Waals surface area contributed by atoms with Gasteiger partial charge < -0.3 is 9.80 Å². The number of nitrogens with one attached hydrogen (secondary N) is 1. The molecule has 2 aliphatic rings. The van der Waals surface area contributed by atoms with E-state index in [1.807, 2.05) is 4.90 Å². The zero-order chi connectivity index (χ0) is 19.6. The number of carbonyl (C=O) groups excluding carboxylic acids is 1. The average Bonchev–Trinajstić information content (AvgIpc) is 2.62. The Morgan fingerprint density at radius 1 is 1.19 bits per heavy atom. The molecule has 0 aliphatic carbocycles. The molecule has 1 N–H and O–H groups in total. The van der Waals surface area contributed by atoms with Crippen LogP contribution in [0.2, 0.25) is 0 Å². The maximum Gasteiger partial charge on any atom is 0.278 e. The van der Waals surface area contributed by atoms with Crippen molar-refractivity contribution in [2.24, 2.45) is 0 Å². The maximum atomic E-state index is 13.4. The number of carbonyl (C=O) groups is 1. The van der Waals surface area contributed by atoms with Gasteiger partial charge in [-0.05, 0) is 51.3 Å². The summed E-state index contributed by atoms with van der Waals surface area (Å²) in [6.07, 6.45) is 3.26. The average molecular weight is 399 g/mol. The van der Waals surface area contributed by atoms with Gasteiger partial charge in [0.1, 0.15) is 5.82 Å². The van der Waals surface area contributed by atoms with Gasteiger partial charge in [0.25, 0.3) is 5.91 Å². The third kappa shape index (κ3) is 4.50. The van der Waals surface area contributed by atoms with Crippen molar-refractivity contribution >= 4 is 15.9 Å². The molecule has 6 nitrogen and oxygen atoms in total. The predicted octanol–water partition coefficient (Wildman–Crippen LogP) is 0.504. The molecule has 2 fully saturated rings. The van der Waals surface area contributed by atoms with Gasteiger partial charge in [0.05, 0.1) is 31.1 Å². The summed E-state index contributed by atoms with van der Waals surface area (Å²) in [6.45, 7) is 6.45. The van der Waals surface area contributed by atoms with E-state index < -0.39 is 15.8 Å². The van der Waals surface area contributed by atoms with Crippen molar-refractivity contribution in [3.8, 4) is 0 Å². The van der Waals surface area contributed by atoms with E-state index in [0.29, 0.717) is 32.7 Å². The van der Waals surface area contributed by atoms with Crippen molar-refractivity contribution in [3.05, 3.63) is 30.1 Å². The highest BCUT2D eigenvalue weighted by molar-refractivity contribution is 7.89. The molecule has 2 atom stereocenters. The van der Waals surface area contributed by atoms with Gasteiger partial charge in [0.15, 0.2) is 6.54 Å². The van der Waals surface area contributed by atoms with E-state index in [1.165, 1.54) is 22.5 Å². The molecule has 8 heteroatoms. The molecule has 1 aromatic rings. The molecule has 0 saturated carbocycles. The summed E-state index contributed by atoms with van der Waals surface area (Å²) in [4.78, 5) is 15.9. The number of hydrogen-bond acceptors (Lipinski definition) is 3. The quantitative estimate of drug-likeness (QED) is 0.804. The molecule has 0 bridgehead atoms. The Kier molecular flexibility index (Phi) is 6.18. The van der Waals surface area contributed by atoms with Crippen LogP contribution >= 0.6 is 0 Å². The molecular weight excluding hydrogens is 369 g/mol. The maximum absolute atomic E-state index is 13.4. The lowest BCUT2D eigenvalue weighted by atomic mass is 9.97. The molecule has 2 heterocycles. The van der Waals surface area contributed by atoms with Crippen molar-refractivity contribution < 1.29 is 22.5 Å². The Morgan fingerprint density at radius 2 is 1.81 bits per heavy atom. The number of sulfonamides is 1. The van der Waals surface area contributed by atoms with Crippen molar-refractivity contribution in [2.75, 3.05) is 32.7 Å². The predicted molar refractivity (Wildman–Crippen MR) is 100 cm³/mol. The minimum Gasteiger partial charge on any atom is -0.332 e. The van der Waals surface area contributed by atoms with Crippen LogP contribution in [0.4, 0.5) is 4.39 Å². The normalized spacial score (nSPS) is 25.5. The van der Waals surface area contributed by atoms with Gasteiger partial charge in [-0.25, -0.2) is 12.8 Å². The Balaban J connectivity index is 1.58. The van der Waals surface area contributed by atoms with E-state index in [1.54, 1.807) is 0 Å². The third-order valence-corrected chi connectivity index (χ3v) is 7.64. The van der Waals surface area contributed by atoms with Gasteiger partial charge in [-0.15, -0.1) is 0 Å². The molecule has 0 radical (unpaired) electrons. The minimum absolute atomic E-state index is 0.0157. The molecule has 3 rings (SSSR count). The third-order valence-electron chi connectivity index (χ3n) is 5.75. The van der Waals surface area contributed by atoms with Crippen molar-refractivity contribution in [1.29, 1.82) is 0 Å². The second-order valence-electron chi connectivity index (χ2n) is 7.72. The lowest BCUT2D eigenvalue weighted by Gasteiger charge is -2.40. The highest BCUT2D eigenvalue weighted by Crippen LogP contribution is 2.22. The second kappa shape index (κ2) is 8.24. The van der Waals surface area contributed by atoms with Gasteiger partial charge >= 0.3 is 0 Å². The number of quaternary nitrogens is 1. The first kappa shape index (κ1) is 20.2. The number of likely N-dealkylation sites (tertiary alicyclic amines) is 1. The first-order valence-corrected chi connectivity index (χ1v) is 11.1. The van der Waals surface area contributed by atoms with Crippen molar-refractivity contribution in [2.45, 2.75) is 50.1 Å². The Morgan fingerprint density at radius 3 is 2.41 bits per heavy atom. The molecule has 0 unspecified atom stereocenters. The molecular formula is C19H29FN3O3S+. The topological polar surface area (TPSA) is 62.1 Å². The van der Waals surface area contributed by atoms with E-state index in [9.17, 15) is 17.6 Å². The van der Waals surface area contributed by atoms with E-state index in [2.05, 4.69) is 13.8 Å². The van der Waals surface area contributed by atoms with Crippen LogP contribution in [0.15, 0.2) is 29.2 Å². The molecule has 2 saturated heterocycles. The van der Waals surface area contributed by atoms with Crippen LogP contribution in [0.25, 0.3) is 0 Å². The van der Waals surface area contributed by atoms with Gasteiger partial charge in [-0.1, -0.05) is 6.07 Å². The number of nitrogens with zero attached hydrogens (tertiary/aromatic N) is 2. The fraction of sp³-hybridized carbons (Fsp3) is 0.632. The largest absolute Gasteiger partial charge is 0.332 e. The summed E-state index contributed by atoms with van der Waals surface area (Å²) in [7, 11) is -3.69. The van der Waals surface area contributed by atoms with E-state index in [4.69, 9.17) is 0 Å². The molecule has 1 amide bonds. The summed E-state index contributed by atoms with van der Waals surface area (Å²) in [6, 6.07) is 5.65. The van der Waals surface area contributed by atoms with Crippen LogP contribution in [0, 0.1) is 5.82 Å². The Bertz CT molecular complexity index is 768. The van der Waals surface area contributed by atoms with Crippen LogP contribution < -0.4 is 4.90 Å². The fourth-order valence-corrected chi connectivity index (χ4v) is 5.69. The fourth-order valence-electron chi connectivity index (χ4n) is 4.21. The van der Waals surface area contributed by atoms with Crippen LogP contribution in [0.3, 0.4) is 0 Å². The number of halogens is 1. The first-order chi connectivity index (χ1) is 12.8. The first-order valence-electron chi connectivity index (χ1n) is 9.69. The van der Waals surface area contributed by atoms with Crippen LogP contribution in [-0.4, -0.2) is 68.3 Å². The van der Waals surface area contributed by atoms with Crippen LogP contribution in [-0.2, 0) is 14.8 Å². The van der Waals surface area contributed by atoms with Crippen molar-refractivity contribution in [3.63, 3.8) is 0 Å². The van der Waals surface area contributed by atoms with E-state index in [0.717, 1.165) is 30.2 Å². The zero-order valence-electron chi connectivity index (χ0n) is 16.0. The number of amides is 1. The van der Waals surface area contributed by atoms with Gasteiger partial charge in [0.2, 0.25) is 10.0 Å². The highest BCUT2D eigenvalue weighted by Gasteiger charge is 2.34. The number of piperidine rings is 1. The van der Waals surface area contributed by atoms with Crippen LogP contribution in [0.1, 0.15) is 33.1 Å². The molecule has 150 valence electrons. The molecule has 0 aromatic heterocycles. The lowest BCUT2D eigenvalue weighted by Crippen LogP contribution is -3.15. The lowest BCUT2D eigenvalue weighted by molar-refractivity contribution is -0.896. The highest BCUT2D eigenvalue weighted by atomic mass is 32.2.